The number of esters is 1. The zero-order chi connectivity index (χ0) is 34.8. The van der Waals surface area contributed by atoms with E-state index in [1.807, 2.05) is 98.8 Å². The number of hydrogen-bond donors (Lipinski definition) is 1. The van der Waals surface area contributed by atoms with Crippen LogP contribution in [0.25, 0.3) is 39.1 Å². The molecule has 1 N–H and O–H groups in total. The highest BCUT2D eigenvalue weighted by atomic mass is 16.5. The van der Waals surface area contributed by atoms with Crippen molar-refractivity contribution in [3.8, 4) is 22.7 Å². The molecule has 50 heavy (non-hydrogen) atoms. The number of imidazole rings is 1. The summed E-state index contributed by atoms with van der Waals surface area (Å²) in [6.45, 7) is 4.31. The van der Waals surface area contributed by atoms with E-state index in [0.717, 1.165) is 29.7 Å². The maximum absolute atomic E-state index is 14.1. The van der Waals surface area contributed by atoms with Crippen LogP contribution in [0.1, 0.15) is 47.2 Å². The molecule has 0 aliphatic heterocycles. The lowest BCUT2D eigenvalue weighted by atomic mass is 10.1. The van der Waals surface area contributed by atoms with Gasteiger partial charge in [-0.3, -0.25) is 14.3 Å². The van der Waals surface area contributed by atoms with E-state index in [1.54, 1.807) is 22.4 Å². The van der Waals surface area contributed by atoms with Crippen LogP contribution in [0.2, 0.25) is 0 Å². The lowest BCUT2D eigenvalue weighted by molar-refractivity contribution is 0.0460. The number of para-hydroxylation sites is 1. The summed E-state index contributed by atoms with van der Waals surface area (Å²) in [5.74, 6) is 0.447. The van der Waals surface area contributed by atoms with Gasteiger partial charge in [0, 0.05) is 12.1 Å². The molecule has 0 atom stereocenters. The van der Waals surface area contributed by atoms with Gasteiger partial charge in [-0.05, 0) is 61.4 Å². The fourth-order valence-corrected chi connectivity index (χ4v) is 6.11. The summed E-state index contributed by atoms with van der Waals surface area (Å²) in [7, 11) is 1.60. The van der Waals surface area contributed by atoms with Gasteiger partial charge < -0.3 is 14.0 Å². The number of fused-ring (bicyclic) bond motifs is 2. The first-order valence-electron chi connectivity index (χ1n) is 16.4. The van der Waals surface area contributed by atoms with Crippen molar-refractivity contribution in [2.45, 2.75) is 46.4 Å². The number of aromatic amines is 1. The van der Waals surface area contributed by atoms with E-state index in [9.17, 15) is 14.4 Å². The summed E-state index contributed by atoms with van der Waals surface area (Å²) < 4.78 is 16.2. The van der Waals surface area contributed by atoms with E-state index in [4.69, 9.17) is 24.5 Å². The predicted molar refractivity (Wildman–Crippen MR) is 190 cm³/mol. The summed E-state index contributed by atoms with van der Waals surface area (Å²) in [6.07, 6.45) is 1.60. The van der Waals surface area contributed by atoms with Crippen molar-refractivity contribution in [2.75, 3.05) is 7.11 Å². The van der Waals surface area contributed by atoms with Crippen molar-refractivity contribution in [3.63, 3.8) is 0 Å². The number of hydrogen-bond acceptors (Lipinski definition) is 8. The fourth-order valence-electron chi connectivity index (χ4n) is 6.11. The Hall–Kier alpha value is -6.30. The van der Waals surface area contributed by atoms with Crippen molar-refractivity contribution in [1.82, 2.24) is 33.9 Å². The Balaban J connectivity index is 1.31. The monoisotopic (exact) mass is 669 g/mol. The van der Waals surface area contributed by atoms with E-state index < -0.39 is 17.2 Å². The average Bonchev–Trinajstić information content (AvgIpc) is 3.69. The van der Waals surface area contributed by atoms with Gasteiger partial charge in [0.25, 0.3) is 5.56 Å². The molecule has 0 saturated heterocycles. The Labute approximate surface area is 286 Å². The Kier molecular flexibility index (Phi) is 8.82. The molecule has 0 unspecified atom stereocenters. The Morgan fingerprint density at radius 1 is 0.880 bits per heavy atom. The Morgan fingerprint density at radius 2 is 1.60 bits per heavy atom. The van der Waals surface area contributed by atoms with Crippen molar-refractivity contribution in [1.29, 1.82) is 0 Å². The maximum atomic E-state index is 14.1. The summed E-state index contributed by atoms with van der Waals surface area (Å²) in [4.78, 5) is 52.5. The SMILES string of the molecule is CCCCn1c(COC(=O)c2cc(-c3ccc(OC)cc3)nc3c2c(C)nn3-c2ccccc2)nc2c1c(=O)[nH]c(=O)n2Cc1ccccc1. The summed E-state index contributed by atoms with van der Waals surface area (Å²) >= 11 is 0. The molecule has 12 heteroatoms. The molecule has 0 bridgehead atoms. The molecule has 4 heterocycles. The van der Waals surface area contributed by atoms with E-state index >= 15 is 0 Å². The molecule has 252 valence electrons. The molecule has 0 aliphatic carbocycles. The minimum absolute atomic E-state index is 0.213. The lowest BCUT2D eigenvalue weighted by Crippen LogP contribution is -2.31. The quantitative estimate of drug-likeness (QED) is 0.170. The highest BCUT2D eigenvalue weighted by molar-refractivity contribution is 6.05. The Bertz CT molecular complexity index is 2440. The first-order chi connectivity index (χ1) is 24.4. The third-order valence-electron chi connectivity index (χ3n) is 8.64. The van der Waals surface area contributed by atoms with Gasteiger partial charge in [0.15, 0.2) is 16.8 Å². The largest absolute Gasteiger partial charge is 0.497 e. The van der Waals surface area contributed by atoms with Crippen molar-refractivity contribution in [3.05, 3.63) is 134 Å². The fraction of sp³-hybridized carbons (Fsp3) is 0.211. The van der Waals surface area contributed by atoms with Gasteiger partial charge in [0.1, 0.15) is 18.2 Å². The number of nitrogens with zero attached hydrogens (tertiary/aromatic N) is 6. The maximum Gasteiger partial charge on any atom is 0.339 e. The van der Waals surface area contributed by atoms with Gasteiger partial charge in [-0.2, -0.15) is 5.10 Å². The molecule has 4 aromatic heterocycles. The number of ether oxygens (including phenoxy) is 2. The second kappa shape index (κ2) is 13.7. The van der Waals surface area contributed by atoms with Gasteiger partial charge in [0.2, 0.25) is 0 Å². The highest BCUT2D eigenvalue weighted by Gasteiger charge is 2.24. The third kappa shape index (κ3) is 6.07. The molecule has 0 amide bonds. The number of rotatable bonds is 11. The van der Waals surface area contributed by atoms with Crippen LogP contribution in [-0.4, -0.2) is 46.9 Å². The Morgan fingerprint density at radius 3 is 2.30 bits per heavy atom. The second-order valence-corrected chi connectivity index (χ2v) is 11.9. The number of benzene rings is 3. The van der Waals surface area contributed by atoms with E-state index in [1.165, 1.54) is 4.57 Å². The van der Waals surface area contributed by atoms with Gasteiger partial charge in [-0.15, -0.1) is 0 Å². The molecule has 7 aromatic rings. The predicted octanol–water partition coefficient (Wildman–Crippen LogP) is 5.81. The molecule has 7 rings (SSSR count). The average molecular weight is 670 g/mol. The van der Waals surface area contributed by atoms with Crippen molar-refractivity contribution >= 4 is 28.2 Å². The first-order valence-corrected chi connectivity index (χ1v) is 16.4. The zero-order valence-electron chi connectivity index (χ0n) is 27.9. The van der Waals surface area contributed by atoms with Crippen LogP contribution in [0.3, 0.4) is 0 Å². The van der Waals surface area contributed by atoms with E-state index in [0.29, 0.717) is 40.5 Å². The minimum atomic E-state index is -0.604. The molecule has 3 aromatic carbocycles. The number of carbonyl (C=O) groups is 1. The van der Waals surface area contributed by atoms with Gasteiger partial charge >= 0.3 is 11.7 Å². The van der Waals surface area contributed by atoms with Crippen LogP contribution in [0.15, 0.2) is 101 Å². The smallest absolute Gasteiger partial charge is 0.339 e. The molecule has 0 aliphatic rings. The molecule has 0 spiro atoms. The third-order valence-corrected chi connectivity index (χ3v) is 8.64. The molecule has 0 saturated carbocycles. The second-order valence-electron chi connectivity index (χ2n) is 11.9. The normalized spacial score (nSPS) is 11.3. The number of aromatic nitrogens is 7. The van der Waals surface area contributed by atoms with Crippen LogP contribution in [0.4, 0.5) is 0 Å². The van der Waals surface area contributed by atoms with Crippen LogP contribution < -0.4 is 16.0 Å². The zero-order valence-corrected chi connectivity index (χ0v) is 27.9. The minimum Gasteiger partial charge on any atom is -0.497 e. The molecular formula is C38H35N7O5. The van der Waals surface area contributed by atoms with E-state index in [2.05, 4.69) is 4.98 Å². The number of carbonyl (C=O) groups excluding carboxylic acids is 1. The van der Waals surface area contributed by atoms with Crippen LogP contribution in [0, 0.1) is 6.92 Å². The van der Waals surface area contributed by atoms with E-state index in [-0.39, 0.29) is 29.9 Å². The number of methoxy groups -OCH3 is 1. The highest BCUT2D eigenvalue weighted by Crippen LogP contribution is 2.30. The molecule has 0 radical (unpaired) electrons. The lowest BCUT2D eigenvalue weighted by Gasteiger charge is -2.11. The van der Waals surface area contributed by atoms with Gasteiger partial charge in [0.05, 0.1) is 41.7 Å². The van der Waals surface area contributed by atoms with Gasteiger partial charge in [-0.25, -0.2) is 24.2 Å². The van der Waals surface area contributed by atoms with Crippen LogP contribution >= 0.6 is 0 Å². The topological polar surface area (TPSA) is 139 Å². The number of nitrogens with one attached hydrogen (secondary N) is 1. The number of pyridine rings is 1. The van der Waals surface area contributed by atoms with Crippen LogP contribution in [-0.2, 0) is 24.4 Å². The molecular weight excluding hydrogens is 634 g/mol. The summed E-state index contributed by atoms with van der Waals surface area (Å²) in [5.41, 5.74) is 3.78. The molecule has 0 fully saturated rings. The number of unbranched alkanes of at least 4 members (excludes halogenated alkanes) is 1. The summed E-state index contributed by atoms with van der Waals surface area (Å²) in [6, 6.07) is 28.2. The first kappa shape index (κ1) is 32.3. The van der Waals surface area contributed by atoms with Crippen LogP contribution in [0.5, 0.6) is 5.75 Å². The van der Waals surface area contributed by atoms with Crippen molar-refractivity contribution < 1.29 is 14.3 Å². The van der Waals surface area contributed by atoms with Crippen molar-refractivity contribution in [2.24, 2.45) is 0 Å². The molecule has 12 nitrogen and oxygen atoms in total. The number of H-pyrrole nitrogens is 1. The standard InChI is InChI=1S/C38H35N7O5/c1-4-5-20-43-31(40-35-33(43)36(46)41-38(48)44(35)22-25-12-8-6-9-13-25)23-50-37(47)29-21-30(26-16-18-28(49-3)19-17-26)39-34-32(29)24(2)42-45(34)27-14-10-7-11-15-27/h6-19,21H,4-5,20,22-23H2,1-3H3,(H,41,46,48). The van der Waals surface area contributed by atoms with Gasteiger partial charge in [-0.1, -0.05) is 61.9 Å². The summed E-state index contributed by atoms with van der Waals surface area (Å²) in [5, 5.41) is 5.32. The number of aryl methyl sites for hydroxylation is 2.